The molecule has 0 saturated heterocycles. The molecule has 0 unspecified atom stereocenters. The van der Waals surface area contributed by atoms with E-state index in [1.165, 1.54) is 65.3 Å². The average molecular weight is 677 g/mol. The number of nitrogens with zero attached hydrogens (tertiary/aromatic N) is 1. The molecule has 10 aromatic rings. The molecule has 2 heteroatoms. The van der Waals surface area contributed by atoms with Crippen LogP contribution in [0.1, 0.15) is 12.6 Å². The van der Waals surface area contributed by atoms with Crippen molar-refractivity contribution >= 4 is 65.8 Å². The molecular weight excluding hydrogens is 641 g/mol. The van der Waals surface area contributed by atoms with Gasteiger partial charge < -0.3 is 10.3 Å². The van der Waals surface area contributed by atoms with Gasteiger partial charge in [0.1, 0.15) is 0 Å². The molecule has 0 aliphatic rings. The fourth-order valence-corrected chi connectivity index (χ4v) is 8.54. The molecule has 53 heavy (non-hydrogen) atoms. The third-order valence-electron chi connectivity index (χ3n) is 10.9. The number of benzene rings is 9. The molecule has 0 fully saturated rings. The molecule has 2 N–H and O–H groups in total. The molecule has 0 radical (unpaired) electrons. The van der Waals surface area contributed by atoms with Crippen LogP contribution in [0.4, 0.5) is 5.69 Å². The van der Waals surface area contributed by atoms with E-state index in [2.05, 4.69) is 193 Å². The molecule has 0 saturated carbocycles. The Kier molecular flexibility index (Phi) is 7.23. The van der Waals surface area contributed by atoms with E-state index in [0.29, 0.717) is 0 Å². The van der Waals surface area contributed by atoms with Crippen molar-refractivity contribution in [3.63, 3.8) is 0 Å². The monoisotopic (exact) mass is 676 g/mol. The Bertz CT molecular complexity index is 3000. The van der Waals surface area contributed by atoms with E-state index in [-0.39, 0.29) is 0 Å². The third kappa shape index (κ3) is 4.87. The second-order valence-electron chi connectivity index (χ2n) is 13.8. The highest BCUT2D eigenvalue weighted by atomic mass is 15.0. The first-order valence-corrected chi connectivity index (χ1v) is 18.3. The lowest BCUT2D eigenvalue weighted by Gasteiger charge is -2.18. The van der Waals surface area contributed by atoms with Crippen LogP contribution in [-0.2, 0) is 0 Å². The minimum absolute atomic E-state index is 0.788. The van der Waals surface area contributed by atoms with Crippen molar-refractivity contribution in [3.05, 3.63) is 188 Å². The van der Waals surface area contributed by atoms with Gasteiger partial charge in [0, 0.05) is 11.1 Å². The molecular formula is C51H36N2. The third-order valence-corrected chi connectivity index (χ3v) is 10.9. The second kappa shape index (κ2) is 12.4. The topological polar surface area (TPSA) is 30.9 Å². The summed E-state index contributed by atoms with van der Waals surface area (Å²) in [5.41, 5.74) is 18.1. The highest BCUT2D eigenvalue weighted by Crippen LogP contribution is 2.45. The summed E-state index contributed by atoms with van der Waals surface area (Å²) in [6.07, 6.45) is 4.18. The van der Waals surface area contributed by atoms with Crippen molar-refractivity contribution in [2.45, 2.75) is 6.92 Å². The molecule has 10 rings (SSSR count). The average Bonchev–Trinajstić information content (AvgIpc) is 3.50. The summed E-state index contributed by atoms with van der Waals surface area (Å²) in [7, 11) is 0. The molecule has 0 aliphatic heterocycles. The fourth-order valence-electron chi connectivity index (χ4n) is 8.54. The smallest absolute Gasteiger partial charge is 0.0695 e. The van der Waals surface area contributed by atoms with Crippen LogP contribution in [0, 0.1) is 0 Å². The lowest BCUT2D eigenvalue weighted by molar-refractivity contribution is 1.11. The van der Waals surface area contributed by atoms with E-state index in [4.69, 9.17) is 5.73 Å². The van der Waals surface area contributed by atoms with Crippen LogP contribution in [0.3, 0.4) is 0 Å². The zero-order valence-electron chi connectivity index (χ0n) is 29.4. The summed E-state index contributed by atoms with van der Waals surface area (Å²) >= 11 is 0. The summed E-state index contributed by atoms with van der Waals surface area (Å²) in [5, 5.41) is 11.1. The van der Waals surface area contributed by atoms with Crippen molar-refractivity contribution in [1.29, 1.82) is 0 Å². The zero-order chi connectivity index (χ0) is 35.5. The van der Waals surface area contributed by atoms with Gasteiger partial charge in [-0.3, -0.25) is 0 Å². The predicted molar refractivity (Wildman–Crippen MR) is 229 cm³/mol. The normalized spacial score (nSPS) is 11.9. The number of allylic oxidation sites excluding steroid dienone is 1. The highest BCUT2D eigenvalue weighted by molar-refractivity contribution is 6.22. The standard InChI is InChI=1S/C51H36N2/c1-2-13-47-51(52)50-41(33-14-4-3-5-15-33)22-12-23-46(50)53(47)38-29-26-35(27-30-38)48-42-18-8-10-20-44(42)49(45-21-11-9-19-43(45)48)37-28-31-40-36(32-37)25-24-34-16-6-7-17-39(34)40/h2-32H,52H2,1H3/b13-2-. The minimum Gasteiger partial charge on any atom is -0.396 e. The van der Waals surface area contributed by atoms with Crippen LogP contribution in [0.15, 0.2) is 182 Å². The van der Waals surface area contributed by atoms with Crippen molar-refractivity contribution in [2.24, 2.45) is 0 Å². The van der Waals surface area contributed by atoms with E-state index in [1.54, 1.807) is 0 Å². The van der Waals surface area contributed by atoms with Crippen LogP contribution in [0.2, 0.25) is 0 Å². The SMILES string of the molecule is C/C=C\c1c(N)c2c(-c3ccccc3)cccc2n1-c1ccc(-c2c3ccccc3c(-c3ccc4c(ccc5ccccc54)c3)c3ccccc23)cc1. The number of nitrogens with two attached hydrogens (primary N) is 1. The number of anilines is 1. The van der Waals surface area contributed by atoms with Crippen LogP contribution in [0.25, 0.3) is 99.1 Å². The van der Waals surface area contributed by atoms with Crippen LogP contribution in [0.5, 0.6) is 0 Å². The van der Waals surface area contributed by atoms with Crippen molar-refractivity contribution in [3.8, 4) is 39.1 Å². The second-order valence-corrected chi connectivity index (χ2v) is 13.8. The lowest BCUT2D eigenvalue weighted by Crippen LogP contribution is -1.98. The Morgan fingerprint density at radius 1 is 0.453 bits per heavy atom. The molecule has 0 atom stereocenters. The maximum absolute atomic E-state index is 6.99. The molecule has 0 bridgehead atoms. The van der Waals surface area contributed by atoms with E-state index < -0.39 is 0 Å². The zero-order valence-corrected chi connectivity index (χ0v) is 29.4. The number of hydrogen-bond acceptors (Lipinski definition) is 1. The van der Waals surface area contributed by atoms with Gasteiger partial charge in [0.2, 0.25) is 0 Å². The molecule has 2 nitrogen and oxygen atoms in total. The van der Waals surface area contributed by atoms with E-state index >= 15 is 0 Å². The summed E-state index contributed by atoms with van der Waals surface area (Å²) in [4.78, 5) is 0. The maximum Gasteiger partial charge on any atom is 0.0695 e. The quantitative estimate of drug-likeness (QED) is 0.143. The van der Waals surface area contributed by atoms with Crippen LogP contribution >= 0.6 is 0 Å². The lowest BCUT2D eigenvalue weighted by atomic mass is 9.85. The van der Waals surface area contributed by atoms with Gasteiger partial charge in [-0.2, -0.15) is 0 Å². The number of nitrogen functional groups attached to an aromatic ring is 1. The predicted octanol–water partition coefficient (Wildman–Crippen LogP) is 13.9. The molecule has 250 valence electrons. The largest absolute Gasteiger partial charge is 0.396 e. The Hall–Kier alpha value is -6.90. The van der Waals surface area contributed by atoms with Gasteiger partial charge in [0.05, 0.1) is 16.9 Å². The van der Waals surface area contributed by atoms with Crippen LogP contribution in [-0.4, -0.2) is 4.57 Å². The molecule has 0 aliphatic carbocycles. The maximum atomic E-state index is 6.99. The van der Waals surface area contributed by atoms with Gasteiger partial charge in [-0.05, 0) is 114 Å². The van der Waals surface area contributed by atoms with Gasteiger partial charge in [0.15, 0.2) is 0 Å². The van der Waals surface area contributed by atoms with Gasteiger partial charge in [-0.25, -0.2) is 0 Å². The fraction of sp³-hybridized carbons (Fsp3) is 0.0196. The van der Waals surface area contributed by atoms with Gasteiger partial charge in [0.25, 0.3) is 0 Å². The van der Waals surface area contributed by atoms with Crippen molar-refractivity contribution < 1.29 is 0 Å². The summed E-state index contributed by atoms with van der Waals surface area (Å²) in [6.45, 7) is 2.04. The summed E-state index contributed by atoms with van der Waals surface area (Å²) < 4.78 is 2.29. The first-order chi connectivity index (χ1) is 26.2. The first-order valence-electron chi connectivity index (χ1n) is 18.3. The molecule has 1 aromatic heterocycles. The van der Waals surface area contributed by atoms with E-state index in [9.17, 15) is 0 Å². The Balaban J connectivity index is 1.16. The summed E-state index contributed by atoms with van der Waals surface area (Å²) in [5.74, 6) is 0. The Morgan fingerprint density at radius 3 is 1.70 bits per heavy atom. The number of aromatic nitrogens is 1. The first kappa shape index (κ1) is 30.9. The minimum atomic E-state index is 0.788. The summed E-state index contributed by atoms with van der Waals surface area (Å²) in [6, 6.07) is 63.9. The molecule has 0 spiro atoms. The van der Waals surface area contributed by atoms with E-state index in [1.807, 2.05) is 6.92 Å². The van der Waals surface area contributed by atoms with Gasteiger partial charge >= 0.3 is 0 Å². The molecule has 0 amide bonds. The van der Waals surface area contributed by atoms with Gasteiger partial charge in [-0.1, -0.05) is 158 Å². The Morgan fingerprint density at radius 2 is 1.02 bits per heavy atom. The number of hydrogen-bond donors (Lipinski definition) is 1. The van der Waals surface area contributed by atoms with Crippen molar-refractivity contribution in [2.75, 3.05) is 5.73 Å². The number of rotatable bonds is 5. The molecule has 1 heterocycles. The van der Waals surface area contributed by atoms with Crippen molar-refractivity contribution in [1.82, 2.24) is 4.57 Å². The van der Waals surface area contributed by atoms with Crippen LogP contribution < -0.4 is 5.73 Å². The highest BCUT2D eigenvalue weighted by Gasteiger charge is 2.20. The Labute approximate surface area is 308 Å². The van der Waals surface area contributed by atoms with E-state index in [0.717, 1.165) is 39.1 Å². The molecule has 9 aromatic carbocycles. The van der Waals surface area contributed by atoms with Gasteiger partial charge in [-0.15, -0.1) is 0 Å². The number of fused-ring (bicyclic) bond motifs is 6.